The van der Waals surface area contributed by atoms with Gasteiger partial charge in [-0.15, -0.1) is 0 Å². The van der Waals surface area contributed by atoms with Gasteiger partial charge in [0.25, 0.3) is 5.91 Å². The highest BCUT2D eigenvalue weighted by Crippen LogP contribution is 2.40. The van der Waals surface area contributed by atoms with E-state index >= 15 is 0 Å². The van der Waals surface area contributed by atoms with Crippen LogP contribution in [0.3, 0.4) is 0 Å². The highest BCUT2D eigenvalue weighted by molar-refractivity contribution is 5.98. The van der Waals surface area contributed by atoms with E-state index in [9.17, 15) is 14.7 Å². The number of hydrogen-bond acceptors (Lipinski definition) is 4. The van der Waals surface area contributed by atoms with Gasteiger partial charge in [0.05, 0.1) is 13.2 Å². The first-order valence-corrected chi connectivity index (χ1v) is 7.46. The van der Waals surface area contributed by atoms with Crippen molar-refractivity contribution in [2.24, 2.45) is 5.92 Å². The molecule has 0 unspecified atom stereocenters. The molecule has 22 heavy (non-hydrogen) atoms. The lowest BCUT2D eigenvalue weighted by atomic mass is 9.95. The average molecular weight is 305 g/mol. The van der Waals surface area contributed by atoms with Gasteiger partial charge in [-0.3, -0.25) is 4.79 Å². The number of carboxylic acids is 1. The molecule has 118 valence electrons. The first-order valence-electron chi connectivity index (χ1n) is 7.46. The molecule has 1 amide bonds. The summed E-state index contributed by atoms with van der Waals surface area (Å²) in [4.78, 5) is 23.9. The minimum Gasteiger partial charge on any atom is -0.490 e. The van der Waals surface area contributed by atoms with Gasteiger partial charge in [-0.05, 0) is 43.9 Å². The van der Waals surface area contributed by atoms with Crippen LogP contribution >= 0.6 is 0 Å². The van der Waals surface area contributed by atoms with Gasteiger partial charge in [0.1, 0.15) is 5.54 Å². The van der Waals surface area contributed by atoms with Gasteiger partial charge in [0.15, 0.2) is 11.5 Å². The Hall–Kier alpha value is -2.24. The molecule has 3 rings (SSSR count). The van der Waals surface area contributed by atoms with Crippen molar-refractivity contribution in [2.45, 2.75) is 31.7 Å². The van der Waals surface area contributed by atoms with E-state index in [0.29, 0.717) is 30.3 Å². The van der Waals surface area contributed by atoms with E-state index in [-0.39, 0.29) is 5.92 Å². The Morgan fingerprint density at radius 3 is 2.55 bits per heavy atom. The second-order valence-electron chi connectivity index (χ2n) is 5.95. The third-order valence-electron chi connectivity index (χ3n) is 4.22. The first kappa shape index (κ1) is 14.7. The summed E-state index contributed by atoms with van der Waals surface area (Å²) in [6.07, 6.45) is 2.43. The Morgan fingerprint density at radius 1 is 1.23 bits per heavy atom. The molecule has 1 aliphatic heterocycles. The van der Waals surface area contributed by atoms with E-state index in [1.165, 1.54) is 0 Å². The van der Waals surface area contributed by atoms with Crippen LogP contribution < -0.4 is 14.8 Å². The van der Waals surface area contributed by atoms with Crippen molar-refractivity contribution in [3.63, 3.8) is 0 Å². The number of hydrogen-bond donors (Lipinski definition) is 2. The molecule has 1 aromatic carbocycles. The maximum Gasteiger partial charge on any atom is 0.329 e. The van der Waals surface area contributed by atoms with Crippen LogP contribution in [0.15, 0.2) is 18.2 Å². The van der Waals surface area contributed by atoms with Crippen LogP contribution in [0.5, 0.6) is 11.5 Å². The number of carboxylic acid groups (broad SMARTS) is 1. The van der Waals surface area contributed by atoms with E-state index in [1.807, 2.05) is 0 Å². The van der Waals surface area contributed by atoms with E-state index < -0.39 is 17.4 Å². The van der Waals surface area contributed by atoms with Crippen molar-refractivity contribution >= 4 is 11.9 Å². The summed E-state index contributed by atoms with van der Waals surface area (Å²) in [6, 6.07) is 4.91. The summed E-state index contributed by atoms with van der Waals surface area (Å²) in [5, 5.41) is 12.1. The molecule has 0 bridgehead atoms. The molecule has 2 aliphatic rings. The van der Waals surface area contributed by atoms with Crippen LogP contribution in [0.1, 0.15) is 36.5 Å². The smallest absolute Gasteiger partial charge is 0.329 e. The van der Waals surface area contributed by atoms with Gasteiger partial charge in [-0.1, -0.05) is 0 Å². The van der Waals surface area contributed by atoms with Crippen molar-refractivity contribution in [3.05, 3.63) is 23.8 Å². The normalized spacial score (nSPS) is 19.7. The van der Waals surface area contributed by atoms with Gasteiger partial charge >= 0.3 is 5.97 Å². The predicted octanol–water partition coefficient (Wildman–Crippen LogP) is 1.83. The zero-order valence-electron chi connectivity index (χ0n) is 12.4. The van der Waals surface area contributed by atoms with Crippen LogP contribution in [0.2, 0.25) is 0 Å². The van der Waals surface area contributed by atoms with Crippen LogP contribution in [0.25, 0.3) is 0 Å². The number of amides is 1. The van der Waals surface area contributed by atoms with Gasteiger partial charge in [-0.2, -0.15) is 0 Å². The third-order valence-corrected chi connectivity index (χ3v) is 4.22. The standard InChI is InChI=1S/C16H19NO5/c1-16(15(19)20,11-4-5-11)17-14(18)10-3-6-12-13(9-10)22-8-2-7-21-12/h3,6,9,11H,2,4-5,7-8H2,1H3,(H,17,18)(H,19,20)/t16-/m0/s1. The molecule has 1 heterocycles. The van der Waals surface area contributed by atoms with E-state index in [0.717, 1.165) is 19.3 Å². The zero-order valence-corrected chi connectivity index (χ0v) is 12.4. The van der Waals surface area contributed by atoms with Crippen LogP contribution in [-0.2, 0) is 4.79 Å². The molecule has 2 N–H and O–H groups in total. The minimum absolute atomic E-state index is 0.00522. The average Bonchev–Trinajstić information content (AvgIpc) is 3.33. The Balaban J connectivity index is 1.80. The van der Waals surface area contributed by atoms with E-state index in [4.69, 9.17) is 9.47 Å². The van der Waals surface area contributed by atoms with Gasteiger partial charge in [0, 0.05) is 12.0 Å². The second-order valence-corrected chi connectivity index (χ2v) is 5.95. The number of carbonyl (C=O) groups excluding carboxylic acids is 1. The first-order chi connectivity index (χ1) is 10.5. The van der Waals surface area contributed by atoms with Crippen molar-refractivity contribution in [1.82, 2.24) is 5.32 Å². The topological polar surface area (TPSA) is 84.9 Å². The van der Waals surface area contributed by atoms with Gasteiger partial charge in [-0.25, -0.2) is 4.79 Å². The number of carbonyl (C=O) groups is 2. The highest BCUT2D eigenvalue weighted by atomic mass is 16.5. The monoisotopic (exact) mass is 305 g/mol. The van der Waals surface area contributed by atoms with Gasteiger partial charge in [0.2, 0.25) is 0 Å². The molecule has 1 aliphatic carbocycles. The number of rotatable bonds is 4. The molecule has 6 heteroatoms. The van der Waals surface area contributed by atoms with Crippen LogP contribution in [0.4, 0.5) is 0 Å². The largest absolute Gasteiger partial charge is 0.490 e. The number of aliphatic carboxylic acids is 1. The maximum absolute atomic E-state index is 12.4. The maximum atomic E-state index is 12.4. The molecule has 0 spiro atoms. The van der Waals surface area contributed by atoms with E-state index in [1.54, 1.807) is 25.1 Å². The summed E-state index contributed by atoms with van der Waals surface area (Å²) in [5.41, 5.74) is -0.848. The van der Waals surface area contributed by atoms with Crippen molar-refractivity contribution in [3.8, 4) is 11.5 Å². The lowest BCUT2D eigenvalue weighted by molar-refractivity contribution is -0.144. The number of nitrogens with one attached hydrogen (secondary N) is 1. The number of ether oxygens (including phenoxy) is 2. The molecular formula is C16H19NO5. The molecule has 0 aromatic heterocycles. The molecule has 1 atom stereocenters. The van der Waals surface area contributed by atoms with Gasteiger partial charge < -0.3 is 19.9 Å². The number of fused-ring (bicyclic) bond motifs is 1. The Labute approximate surface area is 128 Å². The molecule has 0 radical (unpaired) electrons. The fraction of sp³-hybridized carbons (Fsp3) is 0.500. The summed E-state index contributed by atoms with van der Waals surface area (Å²) in [6.45, 7) is 2.68. The molecule has 1 aromatic rings. The lowest BCUT2D eigenvalue weighted by Crippen LogP contribution is -2.54. The Morgan fingerprint density at radius 2 is 1.91 bits per heavy atom. The van der Waals surface area contributed by atoms with E-state index in [2.05, 4.69) is 5.32 Å². The summed E-state index contributed by atoms with van der Waals surface area (Å²) < 4.78 is 11.1. The molecule has 1 fully saturated rings. The Kier molecular flexibility index (Phi) is 3.68. The molecular weight excluding hydrogens is 286 g/mol. The second kappa shape index (κ2) is 5.51. The minimum atomic E-state index is -1.22. The third kappa shape index (κ3) is 2.73. The zero-order chi connectivity index (χ0) is 15.7. The van der Waals surface area contributed by atoms with Crippen LogP contribution in [0, 0.1) is 5.92 Å². The summed E-state index contributed by atoms with van der Waals surface area (Å²) in [5.74, 6) is -0.287. The van der Waals surface area contributed by atoms with Crippen molar-refractivity contribution < 1.29 is 24.2 Å². The fourth-order valence-corrected chi connectivity index (χ4v) is 2.60. The molecule has 1 saturated carbocycles. The quantitative estimate of drug-likeness (QED) is 0.886. The fourth-order valence-electron chi connectivity index (χ4n) is 2.60. The Bertz CT molecular complexity index is 611. The summed E-state index contributed by atoms with van der Waals surface area (Å²) >= 11 is 0. The molecule has 6 nitrogen and oxygen atoms in total. The number of benzene rings is 1. The van der Waals surface area contributed by atoms with Crippen molar-refractivity contribution in [2.75, 3.05) is 13.2 Å². The highest BCUT2D eigenvalue weighted by Gasteiger charge is 2.48. The molecule has 0 saturated heterocycles. The van der Waals surface area contributed by atoms with Crippen LogP contribution in [-0.4, -0.2) is 35.7 Å². The predicted molar refractivity (Wildman–Crippen MR) is 78.3 cm³/mol. The lowest BCUT2D eigenvalue weighted by Gasteiger charge is -2.26. The van der Waals surface area contributed by atoms with Crippen molar-refractivity contribution in [1.29, 1.82) is 0 Å². The summed E-state index contributed by atoms with van der Waals surface area (Å²) in [7, 11) is 0. The SMILES string of the molecule is C[C@@](NC(=O)c1ccc2c(c1)OCCCO2)(C(=O)O)C1CC1.